The number of hydrogen-bond acceptors (Lipinski definition) is 1. The van der Waals surface area contributed by atoms with E-state index in [2.05, 4.69) is 60.3 Å². The minimum atomic E-state index is 0. The van der Waals surface area contributed by atoms with Crippen molar-refractivity contribution in [3.05, 3.63) is 46.0 Å². The molecular weight excluding hydrogens is 370 g/mol. The summed E-state index contributed by atoms with van der Waals surface area (Å²) < 4.78 is 0. The number of hydrogen-bond donors (Lipinski definition) is 1. The molecule has 2 aliphatic rings. The second kappa shape index (κ2) is 13.8. The van der Waals surface area contributed by atoms with Gasteiger partial charge < -0.3 is 16.7 Å². The lowest BCUT2D eigenvalue weighted by Crippen LogP contribution is -2.21. The summed E-state index contributed by atoms with van der Waals surface area (Å²) in [4.78, 5) is 0. The van der Waals surface area contributed by atoms with Gasteiger partial charge in [0.1, 0.15) is 0 Å². The van der Waals surface area contributed by atoms with E-state index in [9.17, 15) is 0 Å². The van der Waals surface area contributed by atoms with Crippen LogP contribution in [0.1, 0.15) is 97.0 Å². The molecule has 6 N–H and O–H groups in total. The van der Waals surface area contributed by atoms with Crippen LogP contribution < -0.4 is 5.73 Å². The highest BCUT2D eigenvalue weighted by Gasteiger charge is 2.25. The van der Waals surface area contributed by atoms with Crippen LogP contribution in [0, 0.1) is 24.2 Å². The van der Waals surface area contributed by atoms with E-state index in [1.165, 1.54) is 48.8 Å². The predicted octanol–water partition coefficient (Wildman–Crippen LogP) is 6.19. The minimum absolute atomic E-state index is 0. The molecule has 0 bridgehead atoms. The molecule has 176 valence electrons. The summed E-state index contributed by atoms with van der Waals surface area (Å²) in [6.45, 7) is 22.3. The highest BCUT2D eigenvalue weighted by molar-refractivity contribution is 5.71. The highest BCUT2D eigenvalue weighted by Crippen LogP contribution is 2.39. The van der Waals surface area contributed by atoms with Crippen LogP contribution in [0.2, 0.25) is 0 Å². The SMILES string of the molecule is C=Cc1cc2c(c(C)c1/C=C(\C)C1CC1)CC(C)C2.CC.CCC(C)(C)CN.O.O.[HH]. The maximum atomic E-state index is 5.42. The summed E-state index contributed by atoms with van der Waals surface area (Å²) >= 11 is 0. The fraction of sp³-hybridized carbons (Fsp3) is 0.630. The first kappa shape index (κ1) is 30.8. The third kappa shape index (κ3) is 8.37. The van der Waals surface area contributed by atoms with Gasteiger partial charge >= 0.3 is 0 Å². The normalized spacial score (nSPS) is 17.2. The third-order valence-electron chi connectivity index (χ3n) is 6.33. The van der Waals surface area contributed by atoms with Gasteiger partial charge in [-0.05, 0) is 97.6 Å². The van der Waals surface area contributed by atoms with Crippen LogP contribution in [0.25, 0.3) is 12.2 Å². The Bertz CT molecular complexity index is 685. The molecule has 3 rings (SSSR count). The second-order valence-corrected chi connectivity index (χ2v) is 9.24. The van der Waals surface area contributed by atoms with E-state index in [0.29, 0.717) is 5.41 Å². The molecule has 0 radical (unpaired) electrons. The van der Waals surface area contributed by atoms with Crippen LogP contribution in [0.5, 0.6) is 0 Å². The van der Waals surface area contributed by atoms with Gasteiger partial charge in [0.05, 0.1) is 0 Å². The molecule has 3 nitrogen and oxygen atoms in total. The average Bonchev–Trinajstić information content (AvgIpc) is 3.48. The zero-order valence-electron chi connectivity index (χ0n) is 20.9. The van der Waals surface area contributed by atoms with E-state index < -0.39 is 0 Å². The predicted molar refractivity (Wildman–Crippen MR) is 138 cm³/mol. The molecule has 1 aromatic rings. The largest absolute Gasteiger partial charge is 0.412 e. The first-order valence-corrected chi connectivity index (χ1v) is 11.4. The number of nitrogens with two attached hydrogens (primary N) is 1. The van der Waals surface area contributed by atoms with Gasteiger partial charge in [0.15, 0.2) is 0 Å². The van der Waals surface area contributed by atoms with Crippen molar-refractivity contribution < 1.29 is 12.4 Å². The van der Waals surface area contributed by atoms with Gasteiger partial charge in [-0.1, -0.05) is 71.9 Å². The molecule has 30 heavy (non-hydrogen) atoms. The van der Waals surface area contributed by atoms with Gasteiger partial charge in [-0.3, -0.25) is 0 Å². The van der Waals surface area contributed by atoms with E-state index in [0.717, 1.165) is 18.4 Å². The fourth-order valence-corrected chi connectivity index (χ4v) is 3.62. The monoisotopic (exact) mass is 421 g/mol. The Morgan fingerprint density at radius 3 is 2.20 bits per heavy atom. The zero-order chi connectivity index (χ0) is 21.5. The van der Waals surface area contributed by atoms with Gasteiger partial charge in [-0.25, -0.2) is 0 Å². The van der Waals surface area contributed by atoms with Crippen LogP contribution in [0.4, 0.5) is 0 Å². The molecule has 3 heteroatoms. The van der Waals surface area contributed by atoms with E-state index in [1.807, 2.05) is 19.9 Å². The fourth-order valence-electron chi connectivity index (χ4n) is 3.62. The molecule has 1 aromatic carbocycles. The topological polar surface area (TPSA) is 89.0 Å². The lowest BCUT2D eigenvalue weighted by atomic mass is 9.91. The number of fused-ring (bicyclic) bond motifs is 1. The highest BCUT2D eigenvalue weighted by atomic mass is 16.0. The molecule has 0 saturated heterocycles. The van der Waals surface area contributed by atoms with Gasteiger partial charge in [0, 0.05) is 1.43 Å². The molecule has 0 aliphatic heterocycles. The van der Waals surface area contributed by atoms with E-state index in [4.69, 9.17) is 5.73 Å². The van der Waals surface area contributed by atoms with Crippen LogP contribution in [0.3, 0.4) is 0 Å². The molecule has 1 atom stereocenters. The van der Waals surface area contributed by atoms with Gasteiger partial charge in [0.2, 0.25) is 0 Å². The molecule has 0 spiro atoms. The molecular formula is C27H51NO2. The summed E-state index contributed by atoms with van der Waals surface area (Å²) in [6, 6.07) is 2.38. The Hall–Kier alpha value is -1.42. The van der Waals surface area contributed by atoms with Crippen molar-refractivity contribution >= 4 is 12.2 Å². The summed E-state index contributed by atoms with van der Waals surface area (Å²) in [7, 11) is 0. The quantitative estimate of drug-likeness (QED) is 0.603. The van der Waals surface area contributed by atoms with Gasteiger partial charge in [0.25, 0.3) is 0 Å². The van der Waals surface area contributed by atoms with Crippen LogP contribution >= 0.6 is 0 Å². The van der Waals surface area contributed by atoms with Crippen molar-refractivity contribution in [2.75, 3.05) is 6.54 Å². The number of rotatable bonds is 5. The zero-order valence-corrected chi connectivity index (χ0v) is 20.9. The first-order valence-electron chi connectivity index (χ1n) is 11.4. The maximum Gasteiger partial charge on any atom is 0 e. The molecule has 1 fully saturated rings. The lowest BCUT2D eigenvalue weighted by Gasteiger charge is -2.18. The molecule has 0 heterocycles. The van der Waals surface area contributed by atoms with Crippen molar-refractivity contribution in [3.8, 4) is 0 Å². The van der Waals surface area contributed by atoms with E-state index in [1.54, 1.807) is 16.7 Å². The molecule has 0 amide bonds. The van der Waals surface area contributed by atoms with Crippen LogP contribution in [-0.2, 0) is 12.8 Å². The number of benzene rings is 1. The Balaban J connectivity index is -0.000000570. The Morgan fingerprint density at radius 2 is 1.80 bits per heavy atom. The molecule has 2 aliphatic carbocycles. The number of allylic oxidation sites excluding steroid dienone is 1. The van der Waals surface area contributed by atoms with Crippen molar-refractivity contribution in [3.63, 3.8) is 0 Å². The summed E-state index contributed by atoms with van der Waals surface area (Å²) in [5.74, 6) is 1.65. The summed E-state index contributed by atoms with van der Waals surface area (Å²) in [6.07, 6.45) is 10.9. The van der Waals surface area contributed by atoms with Crippen LogP contribution in [-0.4, -0.2) is 17.5 Å². The second-order valence-electron chi connectivity index (χ2n) is 9.24. The van der Waals surface area contributed by atoms with Gasteiger partial charge in [-0.15, -0.1) is 0 Å². The summed E-state index contributed by atoms with van der Waals surface area (Å²) in [5, 5.41) is 0. The summed E-state index contributed by atoms with van der Waals surface area (Å²) in [5.41, 5.74) is 14.7. The van der Waals surface area contributed by atoms with Crippen molar-refractivity contribution in [2.24, 2.45) is 23.0 Å². The smallest absolute Gasteiger partial charge is 0 e. The molecule has 1 unspecified atom stereocenters. The van der Waals surface area contributed by atoms with E-state index in [-0.39, 0.29) is 12.4 Å². The maximum absolute atomic E-state index is 5.42. The third-order valence-corrected chi connectivity index (χ3v) is 6.33. The average molecular weight is 422 g/mol. The standard InChI is InChI=1S/C19H24.C6H15N.C2H6.2H2O.H2/c1-5-15-11-17-8-12(2)9-18(17)14(4)19(15)10-13(3)16-6-7-16;1-4-6(2,3)5-7;1-2;;;/h5,10-12,16H,1,6-9H2,2-4H3;4-5,7H2,1-3H3;1-2H3;2*1H2;1H/b13-10+;;;;;. The van der Waals surface area contributed by atoms with Crippen molar-refractivity contribution in [1.29, 1.82) is 0 Å². The van der Waals surface area contributed by atoms with Crippen LogP contribution in [0.15, 0.2) is 18.2 Å². The Labute approximate surface area is 188 Å². The van der Waals surface area contributed by atoms with Gasteiger partial charge in [-0.2, -0.15) is 0 Å². The minimum Gasteiger partial charge on any atom is -0.412 e. The molecule has 1 saturated carbocycles. The Morgan fingerprint density at radius 1 is 1.23 bits per heavy atom. The van der Waals surface area contributed by atoms with Crippen molar-refractivity contribution in [2.45, 2.75) is 87.5 Å². The lowest BCUT2D eigenvalue weighted by molar-refractivity contribution is 0.365. The van der Waals surface area contributed by atoms with E-state index >= 15 is 0 Å². The Kier molecular flexibility index (Phi) is 14.2. The first-order chi connectivity index (χ1) is 13.2. The molecule has 0 aromatic heterocycles. The van der Waals surface area contributed by atoms with Crippen molar-refractivity contribution in [1.82, 2.24) is 0 Å².